The average Bonchev–Trinajstić information content (AvgIpc) is 3.07. The molecule has 2 heterocycles. The molecule has 9 heteroatoms. The fourth-order valence-electron chi connectivity index (χ4n) is 3.96. The first-order chi connectivity index (χ1) is 12.9. The van der Waals surface area contributed by atoms with Crippen LogP contribution in [0.2, 0.25) is 0 Å². The van der Waals surface area contributed by atoms with Gasteiger partial charge < -0.3 is 15.5 Å². The van der Waals surface area contributed by atoms with E-state index in [1.807, 2.05) is 16.7 Å². The number of hydrogen-bond acceptors (Lipinski definition) is 5. The fourth-order valence-corrected chi connectivity index (χ4v) is 5.00. The number of benzene rings is 1. The molecule has 2 aromatic heterocycles. The van der Waals surface area contributed by atoms with Crippen molar-refractivity contribution in [2.24, 2.45) is 5.92 Å². The van der Waals surface area contributed by atoms with E-state index in [0.717, 1.165) is 31.4 Å². The molecule has 142 valence electrons. The molecule has 0 radical (unpaired) electrons. The molecule has 0 spiro atoms. The van der Waals surface area contributed by atoms with Gasteiger partial charge in [-0.15, -0.1) is 0 Å². The van der Waals surface area contributed by atoms with E-state index in [9.17, 15) is 4.57 Å². The summed E-state index contributed by atoms with van der Waals surface area (Å²) in [5, 5.41) is 0. The van der Waals surface area contributed by atoms with Crippen molar-refractivity contribution in [1.29, 1.82) is 0 Å². The molecular weight excluding hydrogens is 365 g/mol. The predicted octanol–water partition coefficient (Wildman–Crippen LogP) is 2.85. The van der Waals surface area contributed by atoms with Gasteiger partial charge in [0.2, 0.25) is 0 Å². The van der Waals surface area contributed by atoms with E-state index in [4.69, 9.17) is 15.5 Å². The van der Waals surface area contributed by atoms with E-state index in [-0.39, 0.29) is 12.1 Å². The maximum Gasteiger partial charge on any atom is 0.325 e. The lowest BCUT2D eigenvalue weighted by Gasteiger charge is -2.29. The summed E-state index contributed by atoms with van der Waals surface area (Å²) in [5.41, 5.74) is 9.31. The van der Waals surface area contributed by atoms with E-state index in [0.29, 0.717) is 22.9 Å². The summed E-state index contributed by atoms with van der Waals surface area (Å²) in [6.45, 7) is 0. The van der Waals surface area contributed by atoms with E-state index < -0.39 is 7.60 Å². The van der Waals surface area contributed by atoms with Crippen LogP contribution in [-0.4, -0.2) is 35.5 Å². The summed E-state index contributed by atoms with van der Waals surface area (Å²) in [4.78, 5) is 30.8. The standard InChI is InChI=1S/C18H22N5O3P/c19-17-16-18(21-10-20-17)23(11-22-16)15-7-5-14(6-8-15)13-3-1-12(2-4-13)9-27(24,25)26/h5-8,10-13H,1-4,9H2,(H2,19,20,21)(H2,24,25,26). The molecule has 0 saturated heterocycles. The van der Waals surface area contributed by atoms with Crippen LogP contribution in [0.15, 0.2) is 36.9 Å². The van der Waals surface area contributed by atoms with Gasteiger partial charge in [-0.25, -0.2) is 15.0 Å². The Morgan fingerprint density at radius 1 is 1.07 bits per heavy atom. The van der Waals surface area contributed by atoms with Crippen molar-refractivity contribution in [2.45, 2.75) is 31.6 Å². The van der Waals surface area contributed by atoms with E-state index >= 15 is 0 Å². The van der Waals surface area contributed by atoms with Crippen LogP contribution in [0.3, 0.4) is 0 Å². The van der Waals surface area contributed by atoms with Gasteiger partial charge in [-0.3, -0.25) is 9.13 Å². The first-order valence-corrected chi connectivity index (χ1v) is 10.8. The normalized spacial score (nSPS) is 20.8. The molecule has 1 aliphatic rings. The maximum atomic E-state index is 11.2. The molecule has 27 heavy (non-hydrogen) atoms. The third-order valence-electron chi connectivity index (χ3n) is 5.35. The minimum absolute atomic E-state index is 0.0113. The molecule has 1 aromatic carbocycles. The Balaban J connectivity index is 1.48. The van der Waals surface area contributed by atoms with Crippen LogP contribution in [0.25, 0.3) is 16.9 Å². The monoisotopic (exact) mass is 387 g/mol. The Bertz CT molecular complexity index is 990. The lowest BCUT2D eigenvalue weighted by molar-refractivity contribution is 0.316. The molecule has 1 saturated carbocycles. The Labute approximate surface area is 156 Å². The SMILES string of the molecule is Nc1ncnc2c1ncn2-c1ccc(C2CCC(CP(=O)(O)O)CC2)cc1. The van der Waals surface area contributed by atoms with Crippen molar-refractivity contribution in [3.8, 4) is 5.69 Å². The average molecular weight is 387 g/mol. The van der Waals surface area contributed by atoms with E-state index in [2.05, 4.69) is 27.1 Å². The van der Waals surface area contributed by atoms with Crippen molar-refractivity contribution in [1.82, 2.24) is 19.5 Å². The van der Waals surface area contributed by atoms with Gasteiger partial charge in [0, 0.05) is 5.69 Å². The van der Waals surface area contributed by atoms with Crippen LogP contribution in [0.5, 0.6) is 0 Å². The second kappa shape index (κ2) is 7.03. The second-order valence-electron chi connectivity index (χ2n) is 7.20. The first-order valence-electron chi connectivity index (χ1n) is 8.99. The summed E-state index contributed by atoms with van der Waals surface area (Å²) in [6.07, 6.45) is 6.78. The van der Waals surface area contributed by atoms with E-state index in [1.165, 1.54) is 11.9 Å². The Kier molecular flexibility index (Phi) is 4.72. The van der Waals surface area contributed by atoms with Crippen molar-refractivity contribution >= 4 is 24.6 Å². The molecular formula is C18H22N5O3P. The minimum atomic E-state index is -3.91. The Hall–Kier alpha value is -2.28. The quantitative estimate of drug-likeness (QED) is 0.587. The molecule has 1 fully saturated rings. The lowest BCUT2D eigenvalue weighted by atomic mass is 9.79. The smallest absolute Gasteiger partial charge is 0.325 e. The third-order valence-corrected chi connectivity index (χ3v) is 6.34. The van der Waals surface area contributed by atoms with Crippen molar-refractivity contribution < 1.29 is 14.4 Å². The molecule has 0 atom stereocenters. The van der Waals surface area contributed by atoms with Crippen LogP contribution in [-0.2, 0) is 4.57 Å². The van der Waals surface area contributed by atoms with Crippen LogP contribution in [0, 0.1) is 5.92 Å². The zero-order valence-electron chi connectivity index (χ0n) is 14.8. The van der Waals surface area contributed by atoms with Gasteiger partial charge in [-0.05, 0) is 55.2 Å². The molecule has 0 bridgehead atoms. The molecule has 8 nitrogen and oxygen atoms in total. The first kappa shape index (κ1) is 18.1. The van der Waals surface area contributed by atoms with Crippen LogP contribution >= 0.6 is 7.60 Å². The molecule has 4 N–H and O–H groups in total. The molecule has 1 aliphatic carbocycles. The summed E-state index contributed by atoms with van der Waals surface area (Å²) < 4.78 is 13.1. The summed E-state index contributed by atoms with van der Waals surface area (Å²) in [6, 6.07) is 8.30. The highest BCUT2D eigenvalue weighted by Crippen LogP contribution is 2.44. The van der Waals surface area contributed by atoms with Gasteiger partial charge in [0.15, 0.2) is 17.0 Å². The highest BCUT2D eigenvalue weighted by molar-refractivity contribution is 7.51. The van der Waals surface area contributed by atoms with Gasteiger partial charge in [-0.1, -0.05) is 12.1 Å². The minimum Gasteiger partial charge on any atom is -0.382 e. The fraction of sp³-hybridized carbons (Fsp3) is 0.389. The van der Waals surface area contributed by atoms with Crippen LogP contribution < -0.4 is 5.73 Å². The van der Waals surface area contributed by atoms with Crippen molar-refractivity contribution in [3.63, 3.8) is 0 Å². The second-order valence-corrected chi connectivity index (χ2v) is 8.90. The van der Waals surface area contributed by atoms with Gasteiger partial charge in [0.05, 0.1) is 6.16 Å². The number of fused-ring (bicyclic) bond motifs is 1. The maximum absolute atomic E-state index is 11.2. The molecule has 0 unspecified atom stereocenters. The number of rotatable bonds is 4. The topological polar surface area (TPSA) is 127 Å². The number of imidazole rings is 1. The summed E-state index contributed by atoms with van der Waals surface area (Å²) >= 11 is 0. The predicted molar refractivity (Wildman–Crippen MR) is 103 cm³/mol. The lowest BCUT2D eigenvalue weighted by Crippen LogP contribution is -2.16. The van der Waals surface area contributed by atoms with Gasteiger partial charge in [0.25, 0.3) is 0 Å². The Morgan fingerprint density at radius 2 is 1.78 bits per heavy atom. The summed E-state index contributed by atoms with van der Waals surface area (Å²) in [7, 11) is -3.91. The zero-order chi connectivity index (χ0) is 19.0. The Morgan fingerprint density at radius 3 is 2.44 bits per heavy atom. The zero-order valence-corrected chi connectivity index (χ0v) is 15.7. The number of nitrogen functional groups attached to an aromatic ring is 1. The number of nitrogens with zero attached hydrogens (tertiary/aromatic N) is 4. The highest BCUT2D eigenvalue weighted by Gasteiger charge is 2.27. The number of anilines is 1. The van der Waals surface area contributed by atoms with Crippen LogP contribution in [0.1, 0.15) is 37.2 Å². The van der Waals surface area contributed by atoms with Crippen molar-refractivity contribution in [3.05, 3.63) is 42.5 Å². The van der Waals surface area contributed by atoms with E-state index in [1.54, 1.807) is 6.33 Å². The largest absolute Gasteiger partial charge is 0.382 e. The molecule has 0 aliphatic heterocycles. The van der Waals surface area contributed by atoms with Gasteiger partial charge in [-0.2, -0.15) is 0 Å². The molecule has 0 amide bonds. The molecule has 3 aromatic rings. The number of nitrogens with two attached hydrogens (primary N) is 1. The van der Waals surface area contributed by atoms with Crippen molar-refractivity contribution in [2.75, 3.05) is 11.9 Å². The van der Waals surface area contributed by atoms with Gasteiger partial charge in [0.1, 0.15) is 12.7 Å². The third kappa shape index (κ3) is 3.88. The number of aromatic nitrogens is 4. The summed E-state index contributed by atoms with van der Waals surface area (Å²) in [5.74, 6) is 0.927. The van der Waals surface area contributed by atoms with Crippen LogP contribution in [0.4, 0.5) is 5.82 Å². The highest BCUT2D eigenvalue weighted by atomic mass is 31.2. The molecule has 4 rings (SSSR count). The van der Waals surface area contributed by atoms with Gasteiger partial charge >= 0.3 is 7.60 Å². The number of hydrogen-bond donors (Lipinski definition) is 3.